The maximum absolute atomic E-state index is 7.47. The summed E-state index contributed by atoms with van der Waals surface area (Å²) in [7, 11) is 0. The average Bonchev–Trinajstić information content (AvgIpc) is 2.57. The Morgan fingerprint density at radius 3 is 1.42 bits per heavy atom. The molecule has 138 valence electrons. The van der Waals surface area contributed by atoms with Crippen LogP contribution in [-0.2, 0) is 11.5 Å². The second kappa shape index (κ2) is 10.2. The second-order valence-electron chi connectivity index (χ2n) is 5.40. The number of nitrogens with two attached hydrogens (primary N) is 2. The van der Waals surface area contributed by atoms with Gasteiger partial charge in [0.1, 0.15) is 0 Å². The lowest BCUT2D eigenvalue weighted by Crippen LogP contribution is -2.04. The first-order chi connectivity index (χ1) is 11.6. The van der Waals surface area contributed by atoms with Crippen molar-refractivity contribution >= 4 is 89.4 Å². The standard InChI is InChI=1S/C18H18N4S2.2BrH/c19-17(20)23-9-13-5-1-3-11-7-8-12-4-2-6-14(10-24-18(21)22)16(12)15(11)13;;/h1-8H,9-10H2,(H3,19,20)(H3,21,22);2*1H. The highest BCUT2D eigenvalue weighted by molar-refractivity contribution is 8.93. The van der Waals surface area contributed by atoms with E-state index in [1.165, 1.54) is 56.2 Å². The van der Waals surface area contributed by atoms with Crippen LogP contribution >= 0.6 is 57.5 Å². The number of halogens is 2. The van der Waals surface area contributed by atoms with Gasteiger partial charge in [0.15, 0.2) is 10.3 Å². The number of thioether (sulfide) groups is 2. The molecule has 0 aliphatic carbocycles. The molecule has 0 spiro atoms. The molecule has 26 heavy (non-hydrogen) atoms. The van der Waals surface area contributed by atoms with Crippen LogP contribution in [0.4, 0.5) is 0 Å². The summed E-state index contributed by atoms with van der Waals surface area (Å²) >= 11 is 2.67. The van der Waals surface area contributed by atoms with Gasteiger partial charge < -0.3 is 11.5 Å². The molecule has 0 fully saturated rings. The van der Waals surface area contributed by atoms with E-state index >= 15 is 0 Å². The van der Waals surface area contributed by atoms with Crippen LogP contribution in [0.15, 0.2) is 48.5 Å². The number of hydrogen-bond acceptors (Lipinski definition) is 4. The van der Waals surface area contributed by atoms with Gasteiger partial charge in [0, 0.05) is 11.5 Å². The average molecular weight is 516 g/mol. The molecule has 4 nitrogen and oxygen atoms in total. The van der Waals surface area contributed by atoms with Gasteiger partial charge in [0.2, 0.25) is 0 Å². The molecule has 0 aliphatic rings. The number of hydrogen-bond donors (Lipinski definition) is 4. The van der Waals surface area contributed by atoms with E-state index in [1.807, 2.05) is 12.1 Å². The largest absolute Gasteiger partial charge is 0.379 e. The maximum Gasteiger partial charge on any atom is 0.151 e. The molecule has 0 aliphatic heterocycles. The number of amidine groups is 2. The molecule has 0 saturated heterocycles. The molecule has 0 atom stereocenters. The Kier molecular flexibility index (Phi) is 8.95. The van der Waals surface area contributed by atoms with Gasteiger partial charge in [0.05, 0.1) is 0 Å². The minimum atomic E-state index is 0. The second-order valence-corrected chi connectivity index (χ2v) is 7.44. The molecule has 3 rings (SSSR count). The summed E-state index contributed by atoms with van der Waals surface area (Å²) < 4.78 is 0. The van der Waals surface area contributed by atoms with Gasteiger partial charge in [-0.3, -0.25) is 10.8 Å². The summed E-state index contributed by atoms with van der Waals surface area (Å²) in [5.41, 5.74) is 13.4. The molecule has 3 aromatic rings. The lowest BCUT2D eigenvalue weighted by atomic mass is 9.95. The first-order valence-electron chi connectivity index (χ1n) is 7.42. The fourth-order valence-corrected chi connectivity index (χ4v) is 3.96. The van der Waals surface area contributed by atoms with Crippen LogP contribution in [0.25, 0.3) is 21.5 Å². The zero-order chi connectivity index (χ0) is 17.1. The van der Waals surface area contributed by atoms with E-state index in [0.717, 1.165) is 0 Å². The van der Waals surface area contributed by atoms with E-state index in [9.17, 15) is 0 Å². The van der Waals surface area contributed by atoms with Gasteiger partial charge in [-0.2, -0.15) is 0 Å². The van der Waals surface area contributed by atoms with Gasteiger partial charge in [0.25, 0.3) is 0 Å². The zero-order valence-electron chi connectivity index (χ0n) is 13.8. The maximum atomic E-state index is 7.47. The van der Waals surface area contributed by atoms with Gasteiger partial charge in [-0.05, 0) is 32.7 Å². The van der Waals surface area contributed by atoms with E-state index in [-0.39, 0.29) is 44.3 Å². The highest BCUT2D eigenvalue weighted by atomic mass is 79.9. The van der Waals surface area contributed by atoms with E-state index in [2.05, 4.69) is 36.4 Å². The van der Waals surface area contributed by atoms with Crippen molar-refractivity contribution in [3.63, 3.8) is 0 Å². The van der Waals surface area contributed by atoms with E-state index < -0.39 is 0 Å². The minimum Gasteiger partial charge on any atom is -0.379 e. The molecule has 0 radical (unpaired) electrons. The minimum absolute atomic E-state index is 0. The smallest absolute Gasteiger partial charge is 0.151 e. The summed E-state index contributed by atoms with van der Waals surface area (Å²) in [5.74, 6) is 1.33. The van der Waals surface area contributed by atoms with Crippen LogP contribution in [0.1, 0.15) is 11.1 Å². The number of rotatable bonds is 4. The first kappa shape index (κ1) is 22.8. The van der Waals surface area contributed by atoms with Crippen molar-refractivity contribution in [2.45, 2.75) is 11.5 Å². The molecule has 8 heteroatoms. The zero-order valence-corrected chi connectivity index (χ0v) is 18.9. The third-order valence-electron chi connectivity index (χ3n) is 3.82. The summed E-state index contributed by atoms with van der Waals surface area (Å²) in [4.78, 5) is 0. The highest BCUT2D eigenvalue weighted by Crippen LogP contribution is 2.34. The molecule has 0 bridgehead atoms. The van der Waals surface area contributed by atoms with Crippen molar-refractivity contribution in [1.29, 1.82) is 10.8 Å². The molecule has 0 heterocycles. The lowest BCUT2D eigenvalue weighted by Gasteiger charge is -2.13. The quantitative estimate of drug-likeness (QED) is 0.212. The third kappa shape index (κ3) is 5.16. The van der Waals surface area contributed by atoms with Crippen LogP contribution in [0.3, 0.4) is 0 Å². The van der Waals surface area contributed by atoms with Crippen molar-refractivity contribution in [3.8, 4) is 0 Å². The van der Waals surface area contributed by atoms with Gasteiger partial charge in [-0.15, -0.1) is 34.0 Å². The predicted molar refractivity (Wildman–Crippen MR) is 129 cm³/mol. The number of fused-ring (bicyclic) bond motifs is 3. The number of nitrogens with one attached hydrogen (secondary N) is 2. The van der Waals surface area contributed by atoms with Crippen LogP contribution in [0.5, 0.6) is 0 Å². The van der Waals surface area contributed by atoms with Crippen molar-refractivity contribution in [2.75, 3.05) is 0 Å². The highest BCUT2D eigenvalue weighted by Gasteiger charge is 2.10. The van der Waals surface area contributed by atoms with E-state index in [0.29, 0.717) is 11.5 Å². The number of benzene rings is 3. The molecular formula is C18H20Br2N4S2. The molecule has 3 aromatic carbocycles. The summed E-state index contributed by atoms with van der Waals surface area (Å²) in [6.45, 7) is 0. The van der Waals surface area contributed by atoms with Crippen LogP contribution in [0.2, 0.25) is 0 Å². The Bertz CT molecular complexity index is 870. The Balaban J connectivity index is 0.00000169. The molecular weight excluding hydrogens is 496 g/mol. The summed E-state index contributed by atoms with van der Waals surface area (Å²) in [6, 6.07) is 16.7. The molecule has 0 amide bonds. The molecule has 0 saturated carbocycles. The fourth-order valence-electron chi connectivity index (χ4n) is 2.86. The molecule has 0 unspecified atom stereocenters. The molecule has 0 aromatic heterocycles. The first-order valence-corrected chi connectivity index (χ1v) is 9.39. The van der Waals surface area contributed by atoms with Crippen molar-refractivity contribution in [3.05, 3.63) is 59.7 Å². The van der Waals surface area contributed by atoms with Crippen molar-refractivity contribution < 1.29 is 0 Å². The Labute approximate surface area is 182 Å². The fraction of sp³-hybridized carbons (Fsp3) is 0.111. The van der Waals surface area contributed by atoms with E-state index in [4.69, 9.17) is 22.3 Å². The summed E-state index contributed by atoms with van der Waals surface area (Å²) in [5, 5.41) is 19.9. The molecule has 6 N–H and O–H groups in total. The van der Waals surface area contributed by atoms with Crippen LogP contribution < -0.4 is 11.5 Å². The Hall–Kier alpha value is -1.22. The van der Waals surface area contributed by atoms with Gasteiger partial charge in [-0.25, -0.2) is 0 Å². The normalized spacial score (nSPS) is 10.2. The van der Waals surface area contributed by atoms with Gasteiger partial charge in [-0.1, -0.05) is 72.1 Å². The monoisotopic (exact) mass is 514 g/mol. The Morgan fingerprint density at radius 2 is 1.08 bits per heavy atom. The van der Waals surface area contributed by atoms with Crippen LogP contribution in [-0.4, -0.2) is 10.3 Å². The van der Waals surface area contributed by atoms with Crippen molar-refractivity contribution in [1.82, 2.24) is 0 Å². The lowest BCUT2D eigenvalue weighted by molar-refractivity contribution is 1.44. The van der Waals surface area contributed by atoms with E-state index in [1.54, 1.807) is 0 Å². The third-order valence-corrected chi connectivity index (χ3v) is 5.36. The Morgan fingerprint density at radius 1 is 0.692 bits per heavy atom. The predicted octanol–water partition coefficient (Wildman–Crippen LogP) is 5.40. The topological polar surface area (TPSA) is 99.7 Å². The van der Waals surface area contributed by atoms with Crippen LogP contribution in [0, 0.1) is 10.8 Å². The SMILES string of the molecule is Br.Br.N=C(N)SCc1cccc2ccc3cccc(CSC(=N)N)c3c12. The summed E-state index contributed by atoms with van der Waals surface area (Å²) in [6.07, 6.45) is 0. The van der Waals surface area contributed by atoms with Gasteiger partial charge >= 0.3 is 0 Å². The van der Waals surface area contributed by atoms with Crippen molar-refractivity contribution in [2.24, 2.45) is 11.5 Å².